The van der Waals surface area contributed by atoms with E-state index >= 15 is 0 Å². The van der Waals surface area contributed by atoms with Gasteiger partial charge in [-0.15, -0.1) is 10.2 Å². The number of amides is 1. The van der Waals surface area contributed by atoms with Gasteiger partial charge in [0.05, 0.1) is 24.6 Å². The van der Waals surface area contributed by atoms with Crippen LogP contribution in [-0.2, 0) is 9.53 Å². The predicted octanol–water partition coefficient (Wildman–Crippen LogP) is 3.32. The molecule has 2 saturated heterocycles. The number of hydrogen-bond acceptors (Lipinski definition) is 7. The van der Waals surface area contributed by atoms with Crippen LogP contribution in [0.4, 0.5) is 5.82 Å². The van der Waals surface area contributed by atoms with Crippen molar-refractivity contribution in [3.8, 4) is 11.5 Å². The van der Waals surface area contributed by atoms with Gasteiger partial charge in [-0.25, -0.2) is 9.97 Å². The first-order valence-corrected chi connectivity index (χ1v) is 13.7. The normalized spacial score (nSPS) is 28.9. The van der Waals surface area contributed by atoms with Gasteiger partial charge in [-0.05, 0) is 56.6 Å². The third kappa shape index (κ3) is 4.25. The van der Waals surface area contributed by atoms with Gasteiger partial charge in [0, 0.05) is 43.5 Å². The Morgan fingerprint density at radius 1 is 1.08 bits per heavy atom. The average Bonchev–Trinajstić information content (AvgIpc) is 3.45. The number of carbonyl (C=O) groups excluding carboxylic acids is 1. The molecule has 3 aromatic heterocycles. The van der Waals surface area contributed by atoms with Crippen molar-refractivity contribution in [3.05, 3.63) is 42.7 Å². The molecule has 2 aliphatic heterocycles. The van der Waals surface area contributed by atoms with Crippen molar-refractivity contribution in [2.24, 2.45) is 11.8 Å². The first-order chi connectivity index (χ1) is 18.2. The van der Waals surface area contributed by atoms with Gasteiger partial charge in [-0.3, -0.25) is 15.0 Å². The van der Waals surface area contributed by atoms with Crippen LogP contribution in [-0.4, -0.2) is 61.1 Å². The monoisotopic (exact) mass is 502 g/mol. The Morgan fingerprint density at radius 3 is 2.78 bits per heavy atom. The van der Waals surface area contributed by atoms with E-state index in [9.17, 15) is 4.79 Å². The van der Waals surface area contributed by atoms with Crippen LogP contribution in [0.1, 0.15) is 69.1 Å². The quantitative estimate of drug-likeness (QED) is 0.571. The topological polar surface area (TPSA) is 103 Å². The minimum atomic E-state index is -0.0851. The third-order valence-corrected chi connectivity index (χ3v) is 8.76. The van der Waals surface area contributed by atoms with E-state index in [1.807, 2.05) is 24.5 Å². The molecule has 1 N–H and O–H groups in total. The fourth-order valence-electron chi connectivity index (χ4n) is 6.45. The van der Waals surface area contributed by atoms with E-state index in [4.69, 9.17) is 9.72 Å². The highest BCUT2D eigenvalue weighted by Gasteiger charge is 2.44. The van der Waals surface area contributed by atoms with Gasteiger partial charge in [0.25, 0.3) is 0 Å². The Morgan fingerprint density at radius 2 is 1.95 bits per heavy atom. The van der Waals surface area contributed by atoms with Crippen LogP contribution in [0.15, 0.2) is 37.1 Å². The number of nitrogens with zero attached hydrogens (tertiary/aromatic N) is 7. The minimum Gasteiger partial charge on any atom is -0.381 e. The number of aromatic nitrogens is 6. The molecule has 0 bridgehead atoms. The lowest BCUT2D eigenvalue weighted by Gasteiger charge is -2.45. The highest BCUT2D eigenvalue weighted by Crippen LogP contribution is 2.43. The van der Waals surface area contributed by atoms with Crippen LogP contribution >= 0.6 is 0 Å². The smallest absolute Gasteiger partial charge is 0.234 e. The summed E-state index contributed by atoms with van der Waals surface area (Å²) < 4.78 is 9.90. The van der Waals surface area contributed by atoms with E-state index in [2.05, 4.69) is 42.8 Å². The molecule has 7 rings (SSSR count). The van der Waals surface area contributed by atoms with Crippen LogP contribution in [0.5, 0.6) is 0 Å². The molecular formula is C27H34N8O2. The van der Waals surface area contributed by atoms with Crippen molar-refractivity contribution in [2.75, 3.05) is 24.8 Å². The lowest BCUT2D eigenvalue weighted by molar-refractivity contribution is -0.127. The summed E-state index contributed by atoms with van der Waals surface area (Å²) in [6, 6.07) is 6.59. The molecule has 4 aliphatic rings. The van der Waals surface area contributed by atoms with Gasteiger partial charge in [-0.1, -0.05) is 13.0 Å². The molecule has 1 amide bonds. The van der Waals surface area contributed by atoms with Crippen molar-refractivity contribution in [2.45, 2.75) is 69.5 Å². The second kappa shape index (κ2) is 9.33. The summed E-state index contributed by atoms with van der Waals surface area (Å²) in [5, 5.41) is 12.2. The standard InChI is InChI=1S/C27H34N8O2/c1-17-11-22-20(12-24(17)33-13-23(28-14-33)18-5-6-18)27(36)35(15-29-22)25-4-2-3-21(31-25)26-32-30-16-34(26)19-7-9-37-10-8-19/h2-4,13-14,16-20,22,24,29H,5-12,15H2,1H3. The van der Waals surface area contributed by atoms with Gasteiger partial charge in [0.2, 0.25) is 5.91 Å². The van der Waals surface area contributed by atoms with E-state index in [-0.39, 0.29) is 23.9 Å². The lowest BCUT2D eigenvalue weighted by Crippen LogP contribution is -2.60. The van der Waals surface area contributed by atoms with Gasteiger partial charge in [0.15, 0.2) is 5.82 Å². The first kappa shape index (κ1) is 23.0. The van der Waals surface area contributed by atoms with Crippen molar-refractivity contribution in [1.29, 1.82) is 0 Å². The van der Waals surface area contributed by atoms with Crippen molar-refractivity contribution in [1.82, 2.24) is 34.6 Å². The van der Waals surface area contributed by atoms with E-state index in [1.165, 1.54) is 18.5 Å². The highest BCUT2D eigenvalue weighted by atomic mass is 16.5. The molecule has 0 radical (unpaired) electrons. The summed E-state index contributed by atoms with van der Waals surface area (Å²) in [7, 11) is 0. The average molecular weight is 503 g/mol. The van der Waals surface area contributed by atoms with Gasteiger partial charge >= 0.3 is 0 Å². The maximum atomic E-state index is 13.9. The number of anilines is 1. The molecule has 5 heterocycles. The van der Waals surface area contributed by atoms with Gasteiger partial charge < -0.3 is 13.9 Å². The Kier molecular flexibility index (Phi) is 5.81. The van der Waals surface area contributed by atoms with Gasteiger partial charge in [0.1, 0.15) is 17.8 Å². The van der Waals surface area contributed by atoms with E-state index in [1.54, 1.807) is 11.2 Å². The number of imidazole rings is 1. The predicted molar refractivity (Wildman–Crippen MR) is 137 cm³/mol. The molecule has 194 valence electrons. The number of pyridine rings is 1. The van der Waals surface area contributed by atoms with Crippen molar-refractivity contribution < 1.29 is 9.53 Å². The SMILES string of the molecule is CC1CC2NCN(c3cccc(-c4nncn4C4CCOCC4)n3)C(=O)C2CC1n1cnc(C2CC2)c1. The van der Waals surface area contributed by atoms with E-state index < -0.39 is 0 Å². The molecule has 10 heteroatoms. The second-order valence-electron chi connectivity index (χ2n) is 11.2. The van der Waals surface area contributed by atoms with E-state index in [0.717, 1.165) is 50.4 Å². The minimum absolute atomic E-state index is 0.0851. The Balaban J connectivity index is 1.12. The van der Waals surface area contributed by atoms with Crippen LogP contribution in [0.3, 0.4) is 0 Å². The molecular weight excluding hydrogens is 468 g/mol. The zero-order chi connectivity index (χ0) is 24.9. The van der Waals surface area contributed by atoms with Crippen LogP contribution < -0.4 is 10.2 Å². The lowest BCUT2D eigenvalue weighted by atomic mass is 9.74. The van der Waals surface area contributed by atoms with E-state index in [0.29, 0.717) is 30.4 Å². The number of rotatable bonds is 5. The molecule has 4 unspecified atom stereocenters. The molecule has 2 aliphatic carbocycles. The maximum absolute atomic E-state index is 13.9. The summed E-state index contributed by atoms with van der Waals surface area (Å²) in [4.78, 5) is 25.2. The molecule has 10 nitrogen and oxygen atoms in total. The van der Waals surface area contributed by atoms with Crippen molar-refractivity contribution in [3.63, 3.8) is 0 Å². The van der Waals surface area contributed by atoms with Gasteiger partial charge in [-0.2, -0.15) is 0 Å². The third-order valence-electron chi connectivity index (χ3n) is 8.76. The number of ether oxygens (including phenoxy) is 1. The number of fused-ring (bicyclic) bond motifs is 1. The summed E-state index contributed by atoms with van der Waals surface area (Å²) in [5.41, 5.74) is 1.94. The van der Waals surface area contributed by atoms with Crippen LogP contribution in [0.2, 0.25) is 0 Å². The Labute approximate surface area is 216 Å². The Hall–Kier alpha value is -3.11. The maximum Gasteiger partial charge on any atom is 0.234 e. The van der Waals surface area contributed by atoms with Crippen LogP contribution in [0.25, 0.3) is 11.5 Å². The highest BCUT2D eigenvalue weighted by molar-refractivity contribution is 5.95. The first-order valence-electron chi connectivity index (χ1n) is 13.7. The summed E-state index contributed by atoms with van der Waals surface area (Å²) >= 11 is 0. The van der Waals surface area contributed by atoms with Crippen LogP contribution in [0, 0.1) is 11.8 Å². The zero-order valence-corrected chi connectivity index (χ0v) is 21.2. The number of hydrogen-bond donors (Lipinski definition) is 1. The molecule has 2 saturated carbocycles. The molecule has 4 fully saturated rings. The number of nitrogens with one attached hydrogen (secondary N) is 1. The fourth-order valence-corrected chi connectivity index (χ4v) is 6.45. The largest absolute Gasteiger partial charge is 0.381 e. The summed E-state index contributed by atoms with van der Waals surface area (Å²) in [5.74, 6) is 2.58. The number of carbonyl (C=O) groups is 1. The second-order valence-corrected chi connectivity index (χ2v) is 11.2. The molecule has 4 atom stereocenters. The Bertz CT molecular complexity index is 1280. The fraction of sp³-hybridized carbons (Fsp3) is 0.593. The molecule has 0 spiro atoms. The molecule has 37 heavy (non-hydrogen) atoms. The summed E-state index contributed by atoms with van der Waals surface area (Å²) in [6.07, 6.45) is 12.1. The summed E-state index contributed by atoms with van der Waals surface area (Å²) in [6.45, 7) is 4.26. The molecule has 3 aromatic rings. The molecule has 0 aromatic carbocycles. The zero-order valence-electron chi connectivity index (χ0n) is 21.2. The van der Waals surface area contributed by atoms with Crippen molar-refractivity contribution >= 4 is 11.7 Å².